The topological polar surface area (TPSA) is 32.3 Å². The number of carbonyl (C=O) groups excluding carboxylic acids is 1. The maximum absolute atomic E-state index is 11.9. The number of carbonyl (C=O) groups is 1. The van der Waals surface area contributed by atoms with Gasteiger partial charge in [-0.25, -0.2) is 0 Å². The summed E-state index contributed by atoms with van der Waals surface area (Å²) in [7, 11) is 0. The third-order valence-corrected chi connectivity index (χ3v) is 4.32. The molecule has 4 heteroatoms. The summed E-state index contributed by atoms with van der Waals surface area (Å²) in [6.07, 6.45) is 2.66. The van der Waals surface area contributed by atoms with Gasteiger partial charge in [0.1, 0.15) is 6.17 Å². The normalized spacial score (nSPS) is 27.4. The number of hydrogen-bond acceptors (Lipinski definition) is 3. The molecule has 1 amide bonds. The summed E-state index contributed by atoms with van der Waals surface area (Å²) in [5, 5.41) is 7.50. The van der Waals surface area contributed by atoms with Crippen molar-refractivity contribution in [3.8, 4) is 0 Å². The van der Waals surface area contributed by atoms with Crippen molar-refractivity contribution in [2.24, 2.45) is 5.92 Å². The highest BCUT2D eigenvalue weighted by atomic mass is 32.1. The second-order valence-corrected chi connectivity index (χ2v) is 5.50. The highest BCUT2D eigenvalue weighted by Gasteiger charge is 2.41. The molecule has 16 heavy (non-hydrogen) atoms. The third-order valence-electron chi connectivity index (χ3n) is 3.61. The second kappa shape index (κ2) is 3.86. The smallest absolute Gasteiger partial charge is 0.238 e. The van der Waals surface area contributed by atoms with Crippen molar-refractivity contribution < 1.29 is 4.79 Å². The quantitative estimate of drug-likeness (QED) is 0.870. The van der Waals surface area contributed by atoms with Crippen molar-refractivity contribution in [1.29, 1.82) is 0 Å². The average molecular weight is 236 g/mol. The van der Waals surface area contributed by atoms with Crippen molar-refractivity contribution in [2.75, 3.05) is 6.54 Å². The second-order valence-electron chi connectivity index (χ2n) is 4.72. The lowest BCUT2D eigenvalue weighted by molar-refractivity contribution is -0.130. The van der Waals surface area contributed by atoms with E-state index in [2.05, 4.69) is 29.1 Å². The molecule has 0 spiro atoms. The van der Waals surface area contributed by atoms with Crippen LogP contribution in [0.3, 0.4) is 0 Å². The van der Waals surface area contributed by atoms with E-state index >= 15 is 0 Å². The summed E-state index contributed by atoms with van der Waals surface area (Å²) >= 11 is 1.69. The van der Waals surface area contributed by atoms with E-state index in [9.17, 15) is 4.79 Å². The Morgan fingerprint density at radius 3 is 3.00 bits per heavy atom. The maximum Gasteiger partial charge on any atom is 0.238 e. The van der Waals surface area contributed by atoms with Crippen molar-refractivity contribution >= 4 is 17.2 Å². The molecule has 1 N–H and O–H groups in total. The predicted molar refractivity (Wildman–Crippen MR) is 64.1 cm³/mol. The zero-order valence-electron chi connectivity index (χ0n) is 9.35. The summed E-state index contributed by atoms with van der Waals surface area (Å²) in [5.74, 6) is 0.973. The van der Waals surface area contributed by atoms with Crippen LogP contribution >= 0.6 is 11.3 Å². The zero-order valence-corrected chi connectivity index (χ0v) is 10.2. The molecule has 3 nitrogen and oxygen atoms in total. The Labute approximate surface area is 99.5 Å². The van der Waals surface area contributed by atoms with Crippen LogP contribution < -0.4 is 5.32 Å². The van der Waals surface area contributed by atoms with Crippen molar-refractivity contribution in [2.45, 2.75) is 32.0 Å². The van der Waals surface area contributed by atoms with Crippen molar-refractivity contribution in [1.82, 2.24) is 10.2 Å². The van der Waals surface area contributed by atoms with Crippen LogP contribution in [0, 0.1) is 5.92 Å². The first-order chi connectivity index (χ1) is 7.77. The molecule has 1 aromatic rings. The lowest BCUT2D eigenvalue weighted by Crippen LogP contribution is -2.39. The summed E-state index contributed by atoms with van der Waals surface area (Å²) in [4.78, 5) is 14.0. The predicted octanol–water partition coefficient (Wildman–Crippen LogP) is 1.98. The monoisotopic (exact) mass is 236 g/mol. The Morgan fingerprint density at radius 2 is 2.38 bits per heavy atom. The van der Waals surface area contributed by atoms with Crippen LogP contribution in [0.25, 0.3) is 0 Å². The van der Waals surface area contributed by atoms with Crippen molar-refractivity contribution in [3.05, 3.63) is 22.4 Å². The fourth-order valence-corrected chi connectivity index (χ4v) is 3.17. The van der Waals surface area contributed by atoms with Gasteiger partial charge in [-0.15, -0.1) is 0 Å². The lowest BCUT2D eigenvalue weighted by atomic mass is 10.1. The van der Waals surface area contributed by atoms with Crippen LogP contribution in [-0.2, 0) is 4.79 Å². The van der Waals surface area contributed by atoms with E-state index in [-0.39, 0.29) is 12.1 Å². The molecule has 0 aromatic carbocycles. The van der Waals surface area contributed by atoms with E-state index in [1.165, 1.54) is 18.4 Å². The van der Waals surface area contributed by atoms with Crippen LogP contribution in [-0.4, -0.2) is 23.4 Å². The molecular weight excluding hydrogens is 220 g/mol. The molecule has 1 saturated heterocycles. The molecule has 2 heterocycles. The van der Waals surface area contributed by atoms with E-state index in [4.69, 9.17) is 0 Å². The Balaban J connectivity index is 1.84. The van der Waals surface area contributed by atoms with E-state index < -0.39 is 0 Å². The minimum Gasteiger partial charge on any atom is -0.319 e. The molecule has 1 aromatic heterocycles. The Hall–Kier alpha value is -0.870. The standard InChI is InChI=1S/C12H16N2OS/c1-8(9-2-3-9)14-11(15)6-13-12(14)10-4-5-16-7-10/h4-5,7-9,12-13H,2-3,6H2,1H3. The van der Waals surface area contributed by atoms with E-state index in [0.717, 1.165) is 5.92 Å². The molecule has 0 radical (unpaired) electrons. The molecular formula is C12H16N2OS. The molecule has 3 rings (SSSR count). The van der Waals surface area contributed by atoms with Gasteiger partial charge in [0.05, 0.1) is 6.54 Å². The summed E-state index contributed by atoms with van der Waals surface area (Å²) in [5.41, 5.74) is 1.23. The minimum absolute atomic E-state index is 0.106. The lowest BCUT2D eigenvalue weighted by Gasteiger charge is -2.30. The number of thiophene rings is 1. The Kier molecular flexibility index (Phi) is 2.48. The van der Waals surface area contributed by atoms with Gasteiger partial charge in [-0.3, -0.25) is 10.1 Å². The Bertz CT molecular complexity index is 386. The first-order valence-corrected chi connectivity index (χ1v) is 6.78. The highest BCUT2D eigenvalue weighted by molar-refractivity contribution is 7.07. The Morgan fingerprint density at radius 1 is 1.56 bits per heavy atom. The minimum atomic E-state index is 0.106. The SMILES string of the molecule is CC(C1CC1)N1C(=O)CNC1c1ccsc1. The maximum atomic E-state index is 11.9. The van der Waals surface area contributed by atoms with Crippen LogP contribution in [0.4, 0.5) is 0 Å². The molecule has 1 saturated carbocycles. The first-order valence-electron chi connectivity index (χ1n) is 5.84. The summed E-state index contributed by atoms with van der Waals surface area (Å²) in [6, 6.07) is 2.49. The van der Waals surface area contributed by atoms with Gasteiger partial charge in [-0.1, -0.05) is 0 Å². The van der Waals surface area contributed by atoms with Crippen LogP contribution in [0.2, 0.25) is 0 Å². The van der Waals surface area contributed by atoms with Gasteiger partial charge in [-0.2, -0.15) is 11.3 Å². The van der Waals surface area contributed by atoms with E-state index in [1.807, 2.05) is 4.90 Å². The largest absolute Gasteiger partial charge is 0.319 e. The first kappa shape index (κ1) is 10.3. The van der Waals surface area contributed by atoms with E-state index in [0.29, 0.717) is 12.6 Å². The van der Waals surface area contributed by atoms with Gasteiger partial charge in [0.25, 0.3) is 0 Å². The molecule has 2 atom stereocenters. The molecule has 86 valence electrons. The van der Waals surface area contributed by atoms with Gasteiger partial charge in [-0.05, 0) is 48.1 Å². The molecule has 1 aliphatic carbocycles. The van der Waals surface area contributed by atoms with Gasteiger partial charge in [0.15, 0.2) is 0 Å². The van der Waals surface area contributed by atoms with Crippen LogP contribution in [0.15, 0.2) is 16.8 Å². The fraction of sp³-hybridized carbons (Fsp3) is 0.583. The third kappa shape index (κ3) is 1.66. The number of hydrogen-bond donors (Lipinski definition) is 1. The summed E-state index contributed by atoms with van der Waals surface area (Å²) in [6.45, 7) is 2.67. The molecule has 2 fully saturated rings. The zero-order chi connectivity index (χ0) is 11.1. The van der Waals surface area contributed by atoms with Gasteiger partial charge in [0.2, 0.25) is 5.91 Å². The van der Waals surface area contributed by atoms with Gasteiger partial charge < -0.3 is 4.90 Å². The van der Waals surface area contributed by atoms with Crippen molar-refractivity contribution in [3.63, 3.8) is 0 Å². The number of nitrogens with one attached hydrogen (secondary N) is 1. The van der Waals surface area contributed by atoms with Crippen LogP contribution in [0.5, 0.6) is 0 Å². The average Bonchev–Trinajstić information content (AvgIpc) is 2.84. The van der Waals surface area contributed by atoms with Crippen LogP contribution in [0.1, 0.15) is 31.5 Å². The van der Waals surface area contributed by atoms with Gasteiger partial charge >= 0.3 is 0 Å². The van der Waals surface area contributed by atoms with E-state index in [1.54, 1.807) is 11.3 Å². The molecule has 1 aliphatic heterocycles. The highest BCUT2D eigenvalue weighted by Crippen LogP contribution is 2.39. The van der Waals surface area contributed by atoms with Gasteiger partial charge in [0, 0.05) is 6.04 Å². The molecule has 2 aliphatic rings. The number of rotatable bonds is 3. The summed E-state index contributed by atoms with van der Waals surface area (Å²) < 4.78 is 0. The number of amides is 1. The number of nitrogens with zero attached hydrogens (tertiary/aromatic N) is 1. The molecule has 2 unspecified atom stereocenters. The fourth-order valence-electron chi connectivity index (χ4n) is 2.49. The molecule has 0 bridgehead atoms.